The summed E-state index contributed by atoms with van der Waals surface area (Å²) in [6, 6.07) is 2.00. The zero-order valence-electron chi connectivity index (χ0n) is 18.5. The van der Waals surface area contributed by atoms with Gasteiger partial charge in [-0.05, 0) is 94.4 Å². The molecule has 1 aromatic rings. The molecule has 1 saturated carbocycles. The summed E-state index contributed by atoms with van der Waals surface area (Å²) in [5.41, 5.74) is 3.73. The van der Waals surface area contributed by atoms with E-state index in [2.05, 4.69) is 20.8 Å². The lowest BCUT2D eigenvalue weighted by molar-refractivity contribution is -0.163. The van der Waals surface area contributed by atoms with Crippen LogP contribution in [0, 0.1) is 16.7 Å². The second kappa shape index (κ2) is 8.33. The van der Waals surface area contributed by atoms with Crippen molar-refractivity contribution in [3.8, 4) is 0 Å². The first-order valence-electron chi connectivity index (χ1n) is 10.7. The smallest absolute Gasteiger partial charge is 0.311 e. The SMILES string of the molecule is COC(=O)[C@@]1(C)CCC[C@]2(C)C(CCc3ccoc3/C=C/C(C)=O)=C(C)CC[C@@H]12. The van der Waals surface area contributed by atoms with Crippen LogP contribution in [0.3, 0.4) is 0 Å². The Hall–Kier alpha value is -2.10. The third-order valence-electron chi connectivity index (χ3n) is 7.49. The molecule has 4 heteroatoms. The molecule has 0 bridgehead atoms. The molecule has 0 amide bonds. The number of fused-ring (bicyclic) bond motifs is 1. The second-order valence-corrected chi connectivity index (χ2v) is 9.28. The van der Waals surface area contributed by atoms with Gasteiger partial charge in [-0.15, -0.1) is 0 Å². The number of allylic oxidation sites excluding steroid dienone is 3. The molecule has 0 spiro atoms. The number of carbonyl (C=O) groups is 2. The van der Waals surface area contributed by atoms with Gasteiger partial charge in [0.15, 0.2) is 5.78 Å². The van der Waals surface area contributed by atoms with Crippen molar-refractivity contribution in [2.24, 2.45) is 16.7 Å². The summed E-state index contributed by atoms with van der Waals surface area (Å²) in [5.74, 6) is 1.03. The Balaban J connectivity index is 1.85. The number of rotatable bonds is 6. The lowest BCUT2D eigenvalue weighted by Gasteiger charge is -2.54. The number of furan rings is 1. The van der Waals surface area contributed by atoms with Crippen molar-refractivity contribution in [2.45, 2.75) is 72.6 Å². The van der Waals surface area contributed by atoms with Crippen LogP contribution in [-0.2, 0) is 20.7 Å². The summed E-state index contributed by atoms with van der Waals surface area (Å²) in [7, 11) is 1.51. The zero-order chi connectivity index (χ0) is 21.2. The Bertz CT molecular complexity index is 843. The molecule has 0 aromatic carbocycles. The van der Waals surface area contributed by atoms with Crippen molar-refractivity contribution in [2.75, 3.05) is 7.11 Å². The molecule has 2 aliphatic rings. The highest BCUT2D eigenvalue weighted by molar-refractivity contribution is 5.91. The summed E-state index contributed by atoms with van der Waals surface area (Å²) in [6.45, 7) is 8.27. The van der Waals surface area contributed by atoms with Crippen molar-refractivity contribution in [1.29, 1.82) is 0 Å². The highest BCUT2D eigenvalue weighted by Gasteiger charge is 2.55. The van der Waals surface area contributed by atoms with Crippen LogP contribution in [0.5, 0.6) is 0 Å². The first-order chi connectivity index (χ1) is 13.7. The van der Waals surface area contributed by atoms with Gasteiger partial charge in [-0.2, -0.15) is 0 Å². The number of aryl methyl sites for hydroxylation is 1. The molecule has 2 aliphatic carbocycles. The van der Waals surface area contributed by atoms with Gasteiger partial charge in [0.25, 0.3) is 0 Å². The molecule has 0 aliphatic heterocycles. The number of carbonyl (C=O) groups excluding carboxylic acids is 2. The van der Waals surface area contributed by atoms with Gasteiger partial charge >= 0.3 is 5.97 Å². The molecule has 1 aromatic heterocycles. The minimum atomic E-state index is -0.404. The number of ether oxygens (including phenoxy) is 1. The van der Waals surface area contributed by atoms with Crippen LogP contribution in [-0.4, -0.2) is 18.9 Å². The zero-order valence-corrected chi connectivity index (χ0v) is 18.5. The van der Waals surface area contributed by atoms with E-state index in [1.165, 1.54) is 25.2 Å². The monoisotopic (exact) mass is 398 g/mol. The Morgan fingerprint density at radius 2 is 2.03 bits per heavy atom. The minimum absolute atomic E-state index is 0.0119. The summed E-state index contributed by atoms with van der Waals surface area (Å²) in [5, 5.41) is 0. The van der Waals surface area contributed by atoms with E-state index in [9.17, 15) is 9.59 Å². The molecular weight excluding hydrogens is 364 g/mol. The maximum absolute atomic E-state index is 12.7. The molecule has 0 radical (unpaired) electrons. The number of esters is 1. The third kappa shape index (κ3) is 3.99. The summed E-state index contributed by atoms with van der Waals surface area (Å²) < 4.78 is 10.8. The van der Waals surface area contributed by atoms with Crippen LogP contribution >= 0.6 is 0 Å². The maximum Gasteiger partial charge on any atom is 0.311 e. The number of hydrogen-bond acceptors (Lipinski definition) is 4. The van der Waals surface area contributed by atoms with Crippen molar-refractivity contribution in [1.82, 2.24) is 0 Å². The average molecular weight is 399 g/mol. The van der Waals surface area contributed by atoms with Gasteiger partial charge in [-0.1, -0.05) is 24.5 Å². The first kappa shape index (κ1) is 21.6. The molecule has 0 unspecified atom stereocenters. The Labute approximate surface area is 174 Å². The van der Waals surface area contributed by atoms with E-state index < -0.39 is 5.41 Å². The Morgan fingerprint density at radius 1 is 1.28 bits per heavy atom. The fourth-order valence-corrected chi connectivity index (χ4v) is 6.00. The van der Waals surface area contributed by atoms with Crippen LogP contribution in [0.1, 0.15) is 77.5 Å². The Morgan fingerprint density at radius 3 is 2.72 bits per heavy atom. The first-order valence-corrected chi connectivity index (χ1v) is 10.7. The normalized spacial score (nSPS) is 29.8. The van der Waals surface area contributed by atoms with E-state index >= 15 is 0 Å². The van der Waals surface area contributed by atoms with Crippen LogP contribution in [0.25, 0.3) is 6.08 Å². The molecule has 158 valence electrons. The van der Waals surface area contributed by atoms with Crippen LogP contribution in [0.15, 0.2) is 34.0 Å². The van der Waals surface area contributed by atoms with Gasteiger partial charge < -0.3 is 9.15 Å². The molecule has 0 saturated heterocycles. The predicted molar refractivity (Wildman–Crippen MR) is 114 cm³/mol. The second-order valence-electron chi connectivity index (χ2n) is 9.28. The fourth-order valence-electron chi connectivity index (χ4n) is 6.00. The van der Waals surface area contributed by atoms with E-state index in [1.807, 2.05) is 6.07 Å². The number of methoxy groups -OCH3 is 1. The van der Waals surface area contributed by atoms with Crippen LogP contribution in [0.4, 0.5) is 0 Å². The van der Waals surface area contributed by atoms with E-state index in [0.717, 1.165) is 56.3 Å². The van der Waals surface area contributed by atoms with E-state index in [0.29, 0.717) is 5.92 Å². The lowest BCUT2D eigenvalue weighted by atomic mass is 9.49. The minimum Gasteiger partial charge on any atom is -0.469 e. The summed E-state index contributed by atoms with van der Waals surface area (Å²) in [6.07, 6.45) is 12.0. The van der Waals surface area contributed by atoms with Gasteiger partial charge in [0.2, 0.25) is 0 Å². The van der Waals surface area contributed by atoms with Gasteiger partial charge in [0.1, 0.15) is 5.76 Å². The molecule has 3 rings (SSSR count). The van der Waals surface area contributed by atoms with Crippen molar-refractivity contribution in [3.63, 3.8) is 0 Å². The van der Waals surface area contributed by atoms with Crippen molar-refractivity contribution >= 4 is 17.8 Å². The standard InChI is InChI=1S/C25H34O4/c1-17-7-12-22-24(3,14-6-15-25(22,4)23(27)28-5)20(17)10-9-19-13-16-29-21(19)11-8-18(2)26/h8,11,13,16,22H,6-7,9-10,12,14-15H2,1-5H3/b11-8+/t22-,24-,25+/m1/s1. The van der Waals surface area contributed by atoms with Crippen LogP contribution in [0.2, 0.25) is 0 Å². The highest BCUT2D eigenvalue weighted by atomic mass is 16.5. The number of hydrogen-bond donors (Lipinski definition) is 0. The highest BCUT2D eigenvalue weighted by Crippen LogP contribution is 2.60. The Kier molecular flexibility index (Phi) is 6.21. The summed E-state index contributed by atoms with van der Waals surface area (Å²) in [4.78, 5) is 24.0. The van der Waals surface area contributed by atoms with E-state index in [1.54, 1.807) is 18.4 Å². The maximum atomic E-state index is 12.7. The summed E-state index contributed by atoms with van der Waals surface area (Å²) >= 11 is 0. The molecule has 3 atom stereocenters. The molecule has 4 nitrogen and oxygen atoms in total. The largest absolute Gasteiger partial charge is 0.469 e. The molecule has 1 fully saturated rings. The molecule has 0 N–H and O–H groups in total. The van der Waals surface area contributed by atoms with Gasteiger partial charge in [-0.25, -0.2) is 0 Å². The van der Waals surface area contributed by atoms with Crippen molar-refractivity contribution < 1.29 is 18.7 Å². The van der Waals surface area contributed by atoms with Crippen LogP contribution < -0.4 is 0 Å². The third-order valence-corrected chi connectivity index (χ3v) is 7.49. The van der Waals surface area contributed by atoms with Gasteiger partial charge in [0.05, 0.1) is 18.8 Å². The molecular formula is C25H34O4. The van der Waals surface area contributed by atoms with Crippen molar-refractivity contribution in [3.05, 3.63) is 40.9 Å². The van der Waals surface area contributed by atoms with E-state index in [4.69, 9.17) is 9.15 Å². The quantitative estimate of drug-likeness (QED) is 0.339. The fraction of sp³-hybridized carbons (Fsp3) is 0.600. The predicted octanol–water partition coefficient (Wildman–Crippen LogP) is 5.91. The number of ketones is 1. The van der Waals surface area contributed by atoms with Gasteiger partial charge in [-0.3, -0.25) is 9.59 Å². The topological polar surface area (TPSA) is 56.5 Å². The molecule has 29 heavy (non-hydrogen) atoms. The van der Waals surface area contributed by atoms with Gasteiger partial charge in [0, 0.05) is 0 Å². The van der Waals surface area contributed by atoms with E-state index in [-0.39, 0.29) is 17.2 Å². The lowest BCUT2D eigenvalue weighted by Crippen LogP contribution is -2.50. The molecule has 1 heterocycles. The average Bonchev–Trinajstić information content (AvgIpc) is 3.12.